The molecule has 1 atom stereocenters. The van der Waals surface area contributed by atoms with Crippen LogP contribution in [-0.2, 0) is 7.05 Å². The summed E-state index contributed by atoms with van der Waals surface area (Å²) in [4.78, 5) is 17.6. The fourth-order valence-electron chi connectivity index (χ4n) is 3.32. The molecule has 0 saturated carbocycles. The van der Waals surface area contributed by atoms with E-state index in [0.29, 0.717) is 22.9 Å². The van der Waals surface area contributed by atoms with Crippen molar-refractivity contribution in [2.24, 2.45) is 7.05 Å². The van der Waals surface area contributed by atoms with Crippen LogP contribution in [-0.4, -0.2) is 39.5 Å². The molecule has 2 heterocycles. The summed E-state index contributed by atoms with van der Waals surface area (Å²) in [6.07, 6.45) is 6.77. The zero-order chi connectivity index (χ0) is 21.8. The summed E-state index contributed by atoms with van der Waals surface area (Å²) >= 11 is 0. The van der Waals surface area contributed by atoms with Gasteiger partial charge in [0, 0.05) is 31.7 Å². The molecule has 0 unspecified atom stereocenters. The number of hydrogen-bond acceptors (Lipinski definition) is 5. The number of nitrogens with zero attached hydrogens (tertiary/aromatic N) is 4. The first-order chi connectivity index (χ1) is 15.1. The molecule has 0 spiro atoms. The number of nitrogens with one attached hydrogen (secondary N) is 1. The van der Waals surface area contributed by atoms with E-state index in [-0.39, 0.29) is 5.91 Å². The highest BCUT2D eigenvalue weighted by molar-refractivity contribution is 5.94. The predicted octanol–water partition coefficient (Wildman–Crippen LogP) is 3.14. The van der Waals surface area contributed by atoms with E-state index in [2.05, 4.69) is 15.4 Å². The SMILES string of the molecule is COc1cc(OC)cc([C@@H](NC(=O)c2cnn(-c3ccccc3)c2)c2nccn2C)c1. The van der Waals surface area contributed by atoms with Crippen LogP contribution >= 0.6 is 0 Å². The van der Waals surface area contributed by atoms with Gasteiger partial charge in [0.2, 0.25) is 0 Å². The molecular formula is C23H23N5O3. The van der Waals surface area contributed by atoms with Gasteiger partial charge in [-0.25, -0.2) is 9.67 Å². The van der Waals surface area contributed by atoms with Crippen LogP contribution < -0.4 is 14.8 Å². The van der Waals surface area contributed by atoms with Crippen molar-refractivity contribution >= 4 is 5.91 Å². The van der Waals surface area contributed by atoms with Gasteiger partial charge in [-0.3, -0.25) is 4.79 Å². The molecule has 158 valence electrons. The molecule has 1 amide bonds. The van der Waals surface area contributed by atoms with Gasteiger partial charge in [-0.1, -0.05) is 18.2 Å². The van der Waals surface area contributed by atoms with Crippen molar-refractivity contribution in [2.45, 2.75) is 6.04 Å². The lowest BCUT2D eigenvalue weighted by Crippen LogP contribution is -2.31. The van der Waals surface area contributed by atoms with Gasteiger partial charge >= 0.3 is 0 Å². The number of hydrogen-bond donors (Lipinski definition) is 1. The number of carbonyl (C=O) groups excluding carboxylic acids is 1. The molecule has 0 saturated heterocycles. The first-order valence-electron chi connectivity index (χ1n) is 9.70. The van der Waals surface area contributed by atoms with Gasteiger partial charge in [0.25, 0.3) is 5.91 Å². The molecule has 0 bridgehead atoms. The highest BCUT2D eigenvalue weighted by Crippen LogP contribution is 2.29. The molecule has 2 aromatic carbocycles. The molecular weight excluding hydrogens is 394 g/mol. The van der Waals surface area contributed by atoms with Crippen molar-refractivity contribution in [3.8, 4) is 17.2 Å². The van der Waals surface area contributed by atoms with Crippen molar-refractivity contribution in [1.29, 1.82) is 0 Å². The number of carbonyl (C=O) groups is 1. The van der Waals surface area contributed by atoms with Gasteiger partial charge in [-0.15, -0.1) is 0 Å². The van der Waals surface area contributed by atoms with Gasteiger partial charge in [-0.05, 0) is 29.8 Å². The van der Waals surface area contributed by atoms with Gasteiger partial charge in [0.05, 0.1) is 31.7 Å². The van der Waals surface area contributed by atoms with E-state index in [1.54, 1.807) is 43.6 Å². The number of aromatic nitrogens is 4. The second kappa shape index (κ2) is 8.74. The minimum atomic E-state index is -0.517. The largest absolute Gasteiger partial charge is 0.497 e. The topological polar surface area (TPSA) is 83.2 Å². The third-order valence-corrected chi connectivity index (χ3v) is 4.96. The van der Waals surface area contributed by atoms with Gasteiger partial charge in [-0.2, -0.15) is 5.10 Å². The smallest absolute Gasteiger partial charge is 0.255 e. The molecule has 8 heteroatoms. The Morgan fingerprint density at radius 3 is 2.39 bits per heavy atom. The van der Waals surface area contributed by atoms with Crippen molar-refractivity contribution in [2.75, 3.05) is 14.2 Å². The van der Waals surface area contributed by atoms with E-state index in [9.17, 15) is 4.79 Å². The molecule has 31 heavy (non-hydrogen) atoms. The normalized spacial score (nSPS) is 11.7. The van der Waals surface area contributed by atoms with Crippen LogP contribution in [0.5, 0.6) is 11.5 Å². The van der Waals surface area contributed by atoms with E-state index >= 15 is 0 Å². The Balaban J connectivity index is 1.67. The van der Waals surface area contributed by atoms with Crippen LogP contribution in [0.3, 0.4) is 0 Å². The molecule has 8 nitrogen and oxygen atoms in total. The lowest BCUT2D eigenvalue weighted by molar-refractivity contribution is 0.0941. The lowest BCUT2D eigenvalue weighted by atomic mass is 10.0. The standard InChI is InChI=1S/C23H23N5O3/c1-27-10-9-24-22(27)21(16-11-19(30-2)13-20(12-16)31-3)26-23(29)17-14-25-28(15-17)18-7-5-4-6-8-18/h4-15,21H,1-3H3,(H,26,29)/t21-/m1/s1. The zero-order valence-corrected chi connectivity index (χ0v) is 17.5. The molecule has 4 aromatic rings. The second-order valence-electron chi connectivity index (χ2n) is 6.96. The fourth-order valence-corrected chi connectivity index (χ4v) is 3.32. The highest BCUT2D eigenvalue weighted by Gasteiger charge is 2.23. The number of benzene rings is 2. The Bertz CT molecular complexity index is 1160. The number of ether oxygens (including phenoxy) is 2. The van der Waals surface area contributed by atoms with E-state index < -0.39 is 6.04 Å². The van der Waals surface area contributed by atoms with Crippen molar-refractivity contribution in [1.82, 2.24) is 24.6 Å². The maximum atomic E-state index is 13.1. The average Bonchev–Trinajstić information content (AvgIpc) is 3.47. The van der Waals surface area contributed by atoms with Crippen LogP contribution in [0.25, 0.3) is 5.69 Å². The van der Waals surface area contributed by atoms with E-state index in [1.165, 1.54) is 0 Å². The molecule has 1 N–H and O–H groups in total. The summed E-state index contributed by atoms with van der Waals surface area (Å²) < 4.78 is 14.3. The zero-order valence-electron chi connectivity index (χ0n) is 17.5. The molecule has 0 aliphatic heterocycles. The third-order valence-electron chi connectivity index (χ3n) is 4.96. The average molecular weight is 417 g/mol. The van der Waals surface area contributed by atoms with Gasteiger partial charge in [0.15, 0.2) is 0 Å². The van der Waals surface area contributed by atoms with Gasteiger partial charge in [0.1, 0.15) is 23.4 Å². The molecule has 0 aliphatic rings. The molecule has 0 radical (unpaired) electrons. The summed E-state index contributed by atoms with van der Waals surface area (Å²) in [5.74, 6) is 1.66. The van der Waals surface area contributed by atoms with E-state index in [1.807, 2.05) is 60.3 Å². The lowest BCUT2D eigenvalue weighted by Gasteiger charge is -2.20. The van der Waals surface area contributed by atoms with Crippen LogP contribution in [0.2, 0.25) is 0 Å². The number of para-hydroxylation sites is 1. The monoisotopic (exact) mass is 417 g/mol. The number of aryl methyl sites for hydroxylation is 1. The first-order valence-corrected chi connectivity index (χ1v) is 9.70. The summed E-state index contributed by atoms with van der Waals surface area (Å²) in [5.41, 5.74) is 2.10. The molecule has 0 fully saturated rings. The quantitative estimate of drug-likeness (QED) is 0.500. The Hall–Kier alpha value is -4.07. The third kappa shape index (κ3) is 4.28. The Kier molecular flexibility index (Phi) is 5.70. The maximum absolute atomic E-state index is 13.1. The van der Waals surface area contributed by atoms with Crippen LogP contribution in [0, 0.1) is 0 Å². The van der Waals surface area contributed by atoms with Crippen LogP contribution in [0.1, 0.15) is 27.8 Å². The maximum Gasteiger partial charge on any atom is 0.255 e. The second-order valence-corrected chi connectivity index (χ2v) is 6.96. The molecule has 0 aliphatic carbocycles. The van der Waals surface area contributed by atoms with E-state index in [4.69, 9.17) is 9.47 Å². The molecule has 4 rings (SSSR count). The summed E-state index contributed by atoms with van der Waals surface area (Å²) in [5, 5.41) is 7.39. The minimum Gasteiger partial charge on any atom is -0.497 e. The summed E-state index contributed by atoms with van der Waals surface area (Å²) in [6, 6.07) is 14.6. The number of imidazole rings is 1. The Labute approximate surface area is 180 Å². The van der Waals surface area contributed by atoms with Crippen molar-refractivity contribution in [3.05, 3.63) is 90.3 Å². The molecule has 2 aromatic heterocycles. The summed E-state index contributed by atoms with van der Waals surface area (Å²) in [6.45, 7) is 0. The van der Waals surface area contributed by atoms with E-state index in [0.717, 1.165) is 11.3 Å². The Morgan fingerprint density at radius 2 is 1.77 bits per heavy atom. The number of amides is 1. The number of methoxy groups -OCH3 is 2. The van der Waals surface area contributed by atoms with Gasteiger partial charge < -0.3 is 19.4 Å². The van der Waals surface area contributed by atoms with Crippen LogP contribution in [0.4, 0.5) is 0 Å². The fraction of sp³-hybridized carbons (Fsp3) is 0.174. The van der Waals surface area contributed by atoms with Crippen LogP contribution in [0.15, 0.2) is 73.3 Å². The Morgan fingerprint density at radius 1 is 1.06 bits per heavy atom. The van der Waals surface area contributed by atoms with Crippen molar-refractivity contribution in [3.63, 3.8) is 0 Å². The first kappa shape index (κ1) is 20.2. The van der Waals surface area contributed by atoms with Crippen molar-refractivity contribution < 1.29 is 14.3 Å². The predicted molar refractivity (Wildman–Crippen MR) is 116 cm³/mol. The highest BCUT2D eigenvalue weighted by atomic mass is 16.5. The number of rotatable bonds is 7. The minimum absolute atomic E-state index is 0.267. The summed E-state index contributed by atoms with van der Waals surface area (Å²) in [7, 11) is 5.06.